The third-order valence-electron chi connectivity index (χ3n) is 3.59. The standard InChI is InChI=1S/C19H21NO6/c1-24-16-11-14(19(22)23)15(12-17(16)25-2)20-18(21)9-6-10-26-13-7-4-3-5-8-13/h3-5,7-8,11-12H,6,9-10H2,1-2H3,(H,20,21)(H,22,23). The van der Waals surface area contributed by atoms with Crippen LogP contribution in [0.1, 0.15) is 23.2 Å². The predicted molar refractivity (Wildman–Crippen MR) is 96.3 cm³/mol. The Labute approximate surface area is 151 Å². The summed E-state index contributed by atoms with van der Waals surface area (Å²) in [5, 5.41) is 11.9. The molecule has 2 rings (SSSR count). The summed E-state index contributed by atoms with van der Waals surface area (Å²) < 4.78 is 15.8. The molecule has 0 aliphatic carbocycles. The fourth-order valence-electron chi connectivity index (χ4n) is 2.31. The highest BCUT2D eigenvalue weighted by atomic mass is 16.5. The Balaban J connectivity index is 1.96. The molecule has 0 spiro atoms. The molecule has 0 atom stereocenters. The lowest BCUT2D eigenvalue weighted by molar-refractivity contribution is -0.116. The molecule has 0 unspecified atom stereocenters. The van der Waals surface area contributed by atoms with E-state index in [9.17, 15) is 14.7 Å². The van der Waals surface area contributed by atoms with Gasteiger partial charge < -0.3 is 24.6 Å². The van der Waals surface area contributed by atoms with Gasteiger partial charge in [-0.15, -0.1) is 0 Å². The number of amides is 1. The second-order valence-electron chi connectivity index (χ2n) is 5.37. The minimum Gasteiger partial charge on any atom is -0.494 e. The summed E-state index contributed by atoms with van der Waals surface area (Å²) in [7, 11) is 2.85. The first-order chi connectivity index (χ1) is 12.5. The van der Waals surface area contributed by atoms with Crippen molar-refractivity contribution in [1.82, 2.24) is 0 Å². The van der Waals surface area contributed by atoms with Crippen molar-refractivity contribution < 1.29 is 28.9 Å². The van der Waals surface area contributed by atoms with Crippen LogP contribution in [0, 0.1) is 0 Å². The van der Waals surface area contributed by atoms with Gasteiger partial charge in [-0.25, -0.2) is 4.79 Å². The number of ether oxygens (including phenoxy) is 3. The molecule has 2 aromatic carbocycles. The van der Waals surface area contributed by atoms with Crippen LogP contribution in [0.2, 0.25) is 0 Å². The van der Waals surface area contributed by atoms with E-state index < -0.39 is 5.97 Å². The number of methoxy groups -OCH3 is 2. The van der Waals surface area contributed by atoms with Gasteiger partial charge >= 0.3 is 5.97 Å². The first-order valence-corrected chi connectivity index (χ1v) is 8.02. The zero-order valence-corrected chi connectivity index (χ0v) is 14.7. The molecular weight excluding hydrogens is 338 g/mol. The number of carbonyl (C=O) groups excluding carboxylic acids is 1. The van der Waals surface area contributed by atoms with Crippen molar-refractivity contribution in [3.63, 3.8) is 0 Å². The number of para-hydroxylation sites is 1. The van der Waals surface area contributed by atoms with Gasteiger partial charge in [-0.3, -0.25) is 4.79 Å². The van der Waals surface area contributed by atoms with Crippen molar-refractivity contribution in [3.8, 4) is 17.2 Å². The summed E-state index contributed by atoms with van der Waals surface area (Å²) in [6.45, 7) is 0.384. The monoisotopic (exact) mass is 359 g/mol. The molecule has 0 bridgehead atoms. The van der Waals surface area contributed by atoms with E-state index in [0.29, 0.717) is 18.8 Å². The van der Waals surface area contributed by atoms with E-state index >= 15 is 0 Å². The van der Waals surface area contributed by atoms with Crippen LogP contribution in [0.5, 0.6) is 17.2 Å². The molecule has 2 N–H and O–H groups in total. The summed E-state index contributed by atoms with van der Waals surface area (Å²) >= 11 is 0. The third kappa shape index (κ3) is 5.14. The van der Waals surface area contributed by atoms with Crippen LogP contribution >= 0.6 is 0 Å². The van der Waals surface area contributed by atoms with Crippen molar-refractivity contribution in [2.75, 3.05) is 26.1 Å². The van der Waals surface area contributed by atoms with Crippen molar-refractivity contribution in [1.29, 1.82) is 0 Å². The highest BCUT2D eigenvalue weighted by Gasteiger charge is 2.17. The number of anilines is 1. The number of carboxylic acids is 1. The largest absolute Gasteiger partial charge is 0.494 e. The molecule has 138 valence electrons. The molecule has 0 aromatic heterocycles. The molecule has 0 saturated heterocycles. The van der Waals surface area contributed by atoms with Crippen LogP contribution in [-0.2, 0) is 4.79 Å². The molecule has 0 aliphatic heterocycles. The second kappa shape index (κ2) is 9.31. The zero-order chi connectivity index (χ0) is 18.9. The third-order valence-corrected chi connectivity index (χ3v) is 3.59. The van der Waals surface area contributed by atoms with Crippen LogP contribution in [0.4, 0.5) is 5.69 Å². The summed E-state index contributed by atoms with van der Waals surface area (Å²) in [5.41, 5.74) is 0.0839. The van der Waals surface area contributed by atoms with Gasteiger partial charge in [-0.2, -0.15) is 0 Å². The highest BCUT2D eigenvalue weighted by molar-refractivity contribution is 6.01. The lowest BCUT2D eigenvalue weighted by Crippen LogP contribution is -2.15. The molecule has 7 nitrogen and oxygen atoms in total. The number of aromatic carboxylic acids is 1. The topological polar surface area (TPSA) is 94.1 Å². The van der Waals surface area contributed by atoms with E-state index in [1.54, 1.807) is 0 Å². The number of nitrogens with one attached hydrogen (secondary N) is 1. The molecule has 0 heterocycles. The van der Waals surface area contributed by atoms with Gasteiger partial charge in [0.05, 0.1) is 32.1 Å². The second-order valence-corrected chi connectivity index (χ2v) is 5.37. The van der Waals surface area contributed by atoms with Crippen LogP contribution in [0.15, 0.2) is 42.5 Å². The molecule has 2 aromatic rings. The molecule has 0 saturated carbocycles. The lowest BCUT2D eigenvalue weighted by Gasteiger charge is -2.13. The molecule has 1 amide bonds. The van der Waals surface area contributed by atoms with Gasteiger partial charge in [-0.05, 0) is 18.6 Å². The van der Waals surface area contributed by atoms with Crippen molar-refractivity contribution >= 4 is 17.6 Å². The fraction of sp³-hybridized carbons (Fsp3) is 0.263. The van der Waals surface area contributed by atoms with E-state index in [-0.39, 0.29) is 29.3 Å². The Bertz CT molecular complexity index is 760. The maximum absolute atomic E-state index is 12.1. The number of hydrogen-bond acceptors (Lipinski definition) is 5. The summed E-state index contributed by atoms with van der Waals surface area (Å²) in [6, 6.07) is 12.0. The Morgan fingerprint density at radius 1 is 1.04 bits per heavy atom. The molecule has 7 heteroatoms. The number of hydrogen-bond donors (Lipinski definition) is 2. The Hall–Kier alpha value is -3.22. The van der Waals surface area contributed by atoms with Crippen LogP contribution in [0.25, 0.3) is 0 Å². The quantitative estimate of drug-likeness (QED) is 0.668. The number of carboxylic acid groups (broad SMARTS) is 1. The smallest absolute Gasteiger partial charge is 0.337 e. The molecule has 26 heavy (non-hydrogen) atoms. The Kier molecular flexibility index (Phi) is 6.84. The lowest BCUT2D eigenvalue weighted by atomic mass is 10.1. The van der Waals surface area contributed by atoms with E-state index in [0.717, 1.165) is 5.75 Å². The van der Waals surface area contributed by atoms with Crippen LogP contribution in [0.3, 0.4) is 0 Å². The summed E-state index contributed by atoms with van der Waals surface area (Å²) in [6.07, 6.45) is 0.691. The molecule has 0 aliphatic rings. The van der Waals surface area contributed by atoms with Crippen molar-refractivity contribution in [2.24, 2.45) is 0 Å². The van der Waals surface area contributed by atoms with E-state index in [1.165, 1.54) is 26.4 Å². The van der Waals surface area contributed by atoms with E-state index in [4.69, 9.17) is 14.2 Å². The van der Waals surface area contributed by atoms with E-state index in [1.807, 2.05) is 30.3 Å². The van der Waals surface area contributed by atoms with Gasteiger partial charge in [0.15, 0.2) is 11.5 Å². The summed E-state index contributed by atoms with van der Waals surface area (Å²) in [4.78, 5) is 23.5. The van der Waals surface area contributed by atoms with Crippen molar-refractivity contribution in [2.45, 2.75) is 12.8 Å². The number of rotatable bonds is 9. The SMILES string of the molecule is COc1cc(NC(=O)CCCOc2ccccc2)c(C(=O)O)cc1OC. The maximum Gasteiger partial charge on any atom is 0.337 e. The van der Waals surface area contributed by atoms with Gasteiger partial charge in [0, 0.05) is 18.6 Å². The molecule has 0 radical (unpaired) electrons. The van der Waals surface area contributed by atoms with Gasteiger partial charge in [0.25, 0.3) is 0 Å². The average molecular weight is 359 g/mol. The van der Waals surface area contributed by atoms with E-state index in [2.05, 4.69) is 5.32 Å². The van der Waals surface area contributed by atoms with Gasteiger partial charge in [-0.1, -0.05) is 18.2 Å². The Morgan fingerprint density at radius 2 is 1.69 bits per heavy atom. The van der Waals surface area contributed by atoms with Crippen molar-refractivity contribution in [3.05, 3.63) is 48.0 Å². The molecule has 0 fully saturated rings. The maximum atomic E-state index is 12.1. The van der Waals surface area contributed by atoms with Crippen LogP contribution in [-0.4, -0.2) is 37.8 Å². The molecular formula is C19H21NO6. The average Bonchev–Trinajstić information content (AvgIpc) is 2.65. The number of carbonyl (C=O) groups is 2. The first-order valence-electron chi connectivity index (χ1n) is 8.02. The normalized spacial score (nSPS) is 10.1. The van der Waals surface area contributed by atoms with Gasteiger partial charge in [0.1, 0.15) is 5.75 Å². The van der Waals surface area contributed by atoms with Crippen LogP contribution < -0.4 is 19.5 Å². The fourth-order valence-corrected chi connectivity index (χ4v) is 2.31. The number of benzene rings is 2. The minimum atomic E-state index is -1.17. The summed E-state index contributed by atoms with van der Waals surface area (Å²) in [5.74, 6) is -0.134. The predicted octanol–water partition coefficient (Wildman–Crippen LogP) is 3.20. The minimum absolute atomic E-state index is 0.0727. The Morgan fingerprint density at radius 3 is 2.31 bits per heavy atom. The van der Waals surface area contributed by atoms with Gasteiger partial charge in [0.2, 0.25) is 5.91 Å². The zero-order valence-electron chi connectivity index (χ0n) is 14.7. The highest BCUT2D eigenvalue weighted by Crippen LogP contribution is 2.33. The first kappa shape index (κ1) is 19.1.